The summed E-state index contributed by atoms with van der Waals surface area (Å²) in [5.74, 6) is 1.47. The van der Waals surface area contributed by atoms with E-state index in [1.165, 1.54) is 0 Å². The molecule has 124 valence electrons. The third-order valence-corrected chi connectivity index (χ3v) is 3.11. The van der Waals surface area contributed by atoms with E-state index < -0.39 is 0 Å². The van der Waals surface area contributed by atoms with Gasteiger partial charge in [0.2, 0.25) is 5.91 Å². The highest BCUT2D eigenvalue weighted by atomic mass is 16.5. The minimum absolute atomic E-state index is 0.0302. The highest BCUT2D eigenvalue weighted by molar-refractivity contribution is 5.78. The molecule has 5 heteroatoms. The molecule has 2 N–H and O–H groups in total. The third kappa shape index (κ3) is 5.93. The van der Waals surface area contributed by atoms with Gasteiger partial charge in [-0.2, -0.15) is 0 Å². The molecule has 0 aromatic heterocycles. The molecule has 0 radical (unpaired) electrons. The van der Waals surface area contributed by atoms with Crippen molar-refractivity contribution in [1.82, 2.24) is 10.6 Å². The second-order valence-electron chi connectivity index (χ2n) is 5.22. The molecule has 1 rings (SSSR count). The number of hydrogen-bond donors (Lipinski definition) is 2. The summed E-state index contributed by atoms with van der Waals surface area (Å²) in [4.78, 5) is 11.7. The van der Waals surface area contributed by atoms with Gasteiger partial charge in [0.25, 0.3) is 0 Å². The van der Waals surface area contributed by atoms with E-state index in [1.807, 2.05) is 25.1 Å². The number of carbonyl (C=O) groups is 1. The lowest BCUT2D eigenvalue weighted by atomic mass is 10.1. The first kappa shape index (κ1) is 18.3. The van der Waals surface area contributed by atoms with Gasteiger partial charge in [0.05, 0.1) is 25.8 Å². The first-order valence-electron chi connectivity index (χ1n) is 7.95. The Bertz CT molecular complexity index is 463. The number of benzene rings is 1. The van der Waals surface area contributed by atoms with E-state index in [4.69, 9.17) is 9.47 Å². The van der Waals surface area contributed by atoms with Crippen LogP contribution in [0.3, 0.4) is 0 Å². The summed E-state index contributed by atoms with van der Waals surface area (Å²) >= 11 is 0. The number of ether oxygens (including phenoxy) is 2. The third-order valence-electron chi connectivity index (χ3n) is 3.11. The molecule has 1 unspecified atom stereocenters. The second kappa shape index (κ2) is 10.1. The normalized spacial score (nSPS) is 11.8. The number of hydrogen-bond acceptors (Lipinski definition) is 4. The zero-order chi connectivity index (χ0) is 16.4. The molecular weight excluding hydrogens is 280 g/mol. The molecule has 1 amide bonds. The summed E-state index contributed by atoms with van der Waals surface area (Å²) in [6.45, 7) is 7.71. The van der Waals surface area contributed by atoms with Crippen LogP contribution in [0.4, 0.5) is 0 Å². The molecule has 0 aliphatic rings. The van der Waals surface area contributed by atoms with E-state index in [0.29, 0.717) is 19.8 Å². The molecule has 0 aliphatic carbocycles. The Balaban J connectivity index is 2.84. The van der Waals surface area contributed by atoms with Crippen LogP contribution in [0, 0.1) is 0 Å². The Kier molecular flexibility index (Phi) is 8.36. The molecule has 0 saturated carbocycles. The van der Waals surface area contributed by atoms with Gasteiger partial charge >= 0.3 is 0 Å². The molecule has 0 saturated heterocycles. The summed E-state index contributed by atoms with van der Waals surface area (Å²) < 4.78 is 11.5. The van der Waals surface area contributed by atoms with Crippen LogP contribution in [-0.2, 0) is 4.79 Å². The highest BCUT2D eigenvalue weighted by Gasteiger charge is 2.13. The first-order chi connectivity index (χ1) is 10.6. The van der Waals surface area contributed by atoms with Crippen LogP contribution < -0.4 is 20.1 Å². The quantitative estimate of drug-likeness (QED) is 0.697. The van der Waals surface area contributed by atoms with E-state index in [9.17, 15) is 4.79 Å². The second-order valence-corrected chi connectivity index (χ2v) is 5.22. The van der Waals surface area contributed by atoms with Gasteiger partial charge in [-0.05, 0) is 44.5 Å². The molecule has 0 spiro atoms. The minimum atomic E-state index is -0.0787. The molecule has 1 atom stereocenters. The van der Waals surface area contributed by atoms with Crippen molar-refractivity contribution in [3.8, 4) is 11.5 Å². The summed E-state index contributed by atoms with van der Waals surface area (Å²) in [7, 11) is 1.75. The van der Waals surface area contributed by atoms with Gasteiger partial charge in [0, 0.05) is 0 Å². The molecule has 5 nitrogen and oxygen atoms in total. The lowest BCUT2D eigenvalue weighted by molar-refractivity contribution is -0.120. The first-order valence-corrected chi connectivity index (χ1v) is 7.95. The van der Waals surface area contributed by atoms with Gasteiger partial charge in [-0.3, -0.25) is 4.79 Å². The van der Waals surface area contributed by atoms with Gasteiger partial charge < -0.3 is 20.1 Å². The zero-order valence-corrected chi connectivity index (χ0v) is 14.1. The lowest BCUT2D eigenvalue weighted by Crippen LogP contribution is -2.33. The van der Waals surface area contributed by atoms with Crippen molar-refractivity contribution in [2.45, 2.75) is 39.7 Å². The Morgan fingerprint density at radius 3 is 2.36 bits per heavy atom. The van der Waals surface area contributed by atoms with Crippen molar-refractivity contribution >= 4 is 5.91 Å². The number of likely N-dealkylation sites (N-methyl/N-ethyl adjacent to an activating group) is 1. The van der Waals surface area contributed by atoms with Crippen molar-refractivity contribution in [2.75, 3.05) is 26.8 Å². The average molecular weight is 308 g/mol. The number of nitrogens with one attached hydrogen (secondary N) is 2. The topological polar surface area (TPSA) is 59.6 Å². The molecule has 22 heavy (non-hydrogen) atoms. The van der Waals surface area contributed by atoms with Gasteiger partial charge in [0.1, 0.15) is 0 Å². The van der Waals surface area contributed by atoms with Crippen LogP contribution in [0.5, 0.6) is 11.5 Å². The van der Waals surface area contributed by atoms with Crippen LogP contribution in [0.2, 0.25) is 0 Å². The largest absolute Gasteiger partial charge is 0.490 e. The maximum atomic E-state index is 11.7. The molecule has 0 aliphatic heterocycles. The van der Waals surface area contributed by atoms with Crippen molar-refractivity contribution < 1.29 is 14.3 Å². The van der Waals surface area contributed by atoms with Gasteiger partial charge in [-0.1, -0.05) is 19.9 Å². The molecular formula is C17H28N2O3. The van der Waals surface area contributed by atoms with E-state index in [2.05, 4.69) is 24.5 Å². The maximum absolute atomic E-state index is 11.7. The molecule has 0 fully saturated rings. The number of amides is 1. The Hall–Kier alpha value is -1.75. The Labute approximate surface area is 133 Å². The van der Waals surface area contributed by atoms with E-state index >= 15 is 0 Å². The van der Waals surface area contributed by atoms with E-state index in [1.54, 1.807) is 7.05 Å². The zero-order valence-electron chi connectivity index (χ0n) is 14.1. The number of carbonyl (C=O) groups excluding carboxylic acids is 1. The van der Waals surface area contributed by atoms with Crippen molar-refractivity contribution in [3.05, 3.63) is 23.8 Å². The van der Waals surface area contributed by atoms with E-state index in [-0.39, 0.29) is 11.9 Å². The fourth-order valence-electron chi connectivity index (χ4n) is 1.99. The standard InChI is InChI=1S/C17H28N2O3/c1-5-9-21-15-8-7-14(11-16(15)22-10-6-2)13(3)19-17(20)12-18-4/h7-8,11,13,18H,5-6,9-10,12H2,1-4H3,(H,19,20). The molecule has 1 aromatic carbocycles. The maximum Gasteiger partial charge on any atom is 0.234 e. The summed E-state index contributed by atoms with van der Waals surface area (Å²) in [5, 5.41) is 5.78. The van der Waals surface area contributed by atoms with Crippen LogP contribution in [-0.4, -0.2) is 32.7 Å². The summed E-state index contributed by atoms with van der Waals surface area (Å²) in [6, 6.07) is 5.75. The van der Waals surface area contributed by atoms with Gasteiger partial charge in [0.15, 0.2) is 11.5 Å². The van der Waals surface area contributed by atoms with Crippen LogP contribution >= 0.6 is 0 Å². The molecule has 0 bridgehead atoms. The average Bonchev–Trinajstić information content (AvgIpc) is 2.51. The Morgan fingerprint density at radius 2 is 1.77 bits per heavy atom. The fraction of sp³-hybridized carbons (Fsp3) is 0.588. The number of rotatable bonds is 10. The molecule has 1 aromatic rings. The smallest absolute Gasteiger partial charge is 0.234 e. The van der Waals surface area contributed by atoms with Crippen LogP contribution in [0.25, 0.3) is 0 Å². The summed E-state index contributed by atoms with van der Waals surface area (Å²) in [6.07, 6.45) is 1.89. The predicted molar refractivity (Wildman–Crippen MR) is 88.5 cm³/mol. The van der Waals surface area contributed by atoms with Crippen LogP contribution in [0.1, 0.15) is 45.2 Å². The fourth-order valence-corrected chi connectivity index (χ4v) is 1.99. The minimum Gasteiger partial charge on any atom is -0.490 e. The molecule has 0 heterocycles. The van der Waals surface area contributed by atoms with Crippen molar-refractivity contribution in [1.29, 1.82) is 0 Å². The predicted octanol–water partition coefficient (Wildman–Crippen LogP) is 2.66. The van der Waals surface area contributed by atoms with Crippen LogP contribution in [0.15, 0.2) is 18.2 Å². The monoisotopic (exact) mass is 308 g/mol. The van der Waals surface area contributed by atoms with Crippen molar-refractivity contribution in [3.63, 3.8) is 0 Å². The Morgan fingerprint density at radius 1 is 1.14 bits per heavy atom. The highest BCUT2D eigenvalue weighted by Crippen LogP contribution is 2.31. The SMILES string of the molecule is CCCOc1ccc(C(C)NC(=O)CNC)cc1OCCC. The lowest BCUT2D eigenvalue weighted by Gasteiger charge is -2.18. The van der Waals surface area contributed by atoms with Gasteiger partial charge in [-0.25, -0.2) is 0 Å². The van der Waals surface area contributed by atoms with Gasteiger partial charge in [-0.15, -0.1) is 0 Å². The summed E-state index contributed by atoms with van der Waals surface area (Å²) in [5.41, 5.74) is 0.999. The van der Waals surface area contributed by atoms with Crippen molar-refractivity contribution in [2.24, 2.45) is 0 Å². The van der Waals surface area contributed by atoms with E-state index in [0.717, 1.165) is 29.9 Å².